The summed E-state index contributed by atoms with van der Waals surface area (Å²) in [6.07, 6.45) is 0. The van der Waals surface area contributed by atoms with Crippen LogP contribution < -0.4 is 15.4 Å². The fraction of sp³-hybridized carbons (Fsp3) is 0.333. The molecule has 0 aromatic heterocycles. The number of hydrogen-bond acceptors (Lipinski definition) is 4. The Hall–Kier alpha value is -2.49. The maximum atomic E-state index is 13.6. The van der Waals surface area contributed by atoms with Gasteiger partial charge in [-0.05, 0) is 48.7 Å². The highest BCUT2D eigenvalue weighted by atomic mass is 35.5. The number of amides is 2. The molecular weight excluding hydrogens is 445 g/mol. The van der Waals surface area contributed by atoms with Crippen LogP contribution in [0.2, 0.25) is 5.02 Å². The summed E-state index contributed by atoms with van der Waals surface area (Å²) in [5.74, 6) is -1.82. The van der Waals surface area contributed by atoms with Gasteiger partial charge in [0, 0.05) is 23.7 Å². The van der Waals surface area contributed by atoms with Crippen LogP contribution in [0.15, 0.2) is 47.4 Å². The molecule has 10 heteroatoms. The van der Waals surface area contributed by atoms with E-state index >= 15 is 0 Å². The topological polar surface area (TPSA) is 104 Å². The summed E-state index contributed by atoms with van der Waals surface area (Å²) < 4.78 is 41.2. The van der Waals surface area contributed by atoms with E-state index in [1.807, 2.05) is 0 Å². The van der Waals surface area contributed by atoms with Crippen LogP contribution in [0.25, 0.3) is 0 Å². The van der Waals surface area contributed by atoms with Crippen molar-refractivity contribution in [1.82, 2.24) is 15.4 Å². The van der Waals surface area contributed by atoms with Crippen LogP contribution in [0.3, 0.4) is 0 Å². The zero-order valence-corrected chi connectivity index (χ0v) is 19.0. The Morgan fingerprint density at radius 1 is 1.06 bits per heavy atom. The van der Waals surface area contributed by atoms with E-state index in [4.69, 9.17) is 11.6 Å². The van der Waals surface area contributed by atoms with Crippen molar-refractivity contribution in [1.29, 1.82) is 0 Å². The van der Waals surface area contributed by atoms with E-state index in [-0.39, 0.29) is 34.5 Å². The fourth-order valence-corrected chi connectivity index (χ4v) is 4.31. The zero-order chi connectivity index (χ0) is 23.2. The van der Waals surface area contributed by atoms with Gasteiger partial charge in [-0.1, -0.05) is 37.6 Å². The first-order chi connectivity index (χ1) is 14.5. The predicted octanol–water partition coefficient (Wildman–Crippen LogP) is 2.64. The van der Waals surface area contributed by atoms with Crippen molar-refractivity contribution in [2.24, 2.45) is 5.92 Å². The molecule has 2 rings (SSSR count). The number of carbonyl (C=O) groups excluding carboxylic acids is 2. The third-order valence-electron chi connectivity index (χ3n) is 4.48. The van der Waals surface area contributed by atoms with Gasteiger partial charge in [0.15, 0.2) is 0 Å². The second-order valence-electron chi connectivity index (χ2n) is 7.31. The van der Waals surface area contributed by atoms with Crippen molar-refractivity contribution in [3.05, 3.63) is 64.4 Å². The number of aryl methyl sites for hydroxylation is 1. The molecule has 0 fully saturated rings. The van der Waals surface area contributed by atoms with Crippen LogP contribution >= 0.6 is 11.6 Å². The minimum absolute atomic E-state index is 0.0453. The maximum Gasteiger partial charge on any atom is 0.251 e. The van der Waals surface area contributed by atoms with Crippen LogP contribution in [0, 0.1) is 18.7 Å². The Balaban J connectivity index is 1.92. The Labute approximate surface area is 186 Å². The molecule has 0 aliphatic rings. The fourth-order valence-electron chi connectivity index (χ4n) is 2.67. The summed E-state index contributed by atoms with van der Waals surface area (Å²) in [5, 5.41) is 5.43. The number of hydrogen-bond donors (Lipinski definition) is 3. The lowest BCUT2D eigenvalue weighted by Crippen LogP contribution is -2.50. The van der Waals surface area contributed by atoms with Gasteiger partial charge in [0.05, 0.1) is 4.90 Å². The number of carbonyl (C=O) groups is 2. The molecule has 2 aromatic rings. The maximum absolute atomic E-state index is 13.6. The number of benzene rings is 2. The van der Waals surface area contributed by atoms with E-state index in [0.717, 1.165) is 6.07 Å². The van der Waals surface area contributed by atoms with E-state index in [1.54, 1.807) is 26.8 Å². The molecular formula is C21H25ClFN3O4S. The molecule has 0 saturated carbocycles. The quantitative estimate of drug-likeness (QED) is 0.491. The molecule has 2 aromatic carbocycles. The third kappa shape index (κ3) is 7.02. The predicted molar refractivity (Wildman–Crippen MR) is 117 cm³/mol. The molecule has 31 heavy (non-hydrogen) atoms. The van der Waals surface area contributed by atoms with Crippen molar-refractivity contribution in [2.75, 3.05) is 13.1 Å². The van der Waals surface area contributed by atoms with Crippen LogP contribution in [0.1, 0.15) is 29.8 Å². The zero-order valence-electron chi connectivity index (χ0n) is 17.4. The lowest BCUT2D eigenvalue weighted by molar-refractivity contribution is -0.123. The Bertz CT molecular complexity index is 1060. The van der Waals surface area contributed by atoms with E-state index in [0.29, 0.717) is 5.56 Å². The molecule has 0 radical (unpaired) electrons. The van der Waals surface area contributed by atoms with E-state index in [2.05, 4.69) is 15.4 Å². The smallest absolute Gasteiger partial charge is 0.251 e. The first-order valence-electron chi connectivity index (χ1n) is 9.61. The molecule has 1 atom stereocenters. The molecule has 0 aliphatic heterocycles. The van der Waals surface area contributed by atoms with E-state index in [1.165, 1.54) is 30.3 Å². The molecule has 0 bridgehead atoms. The summed E-state index contributed by atoms with van der Waals surface area (Å²) in [5.41, 5.74) is 0.604. The molecule has 7 nitrogen and oxygen atoms in total. The summed E-state index contributed by atoms with van der Waals surface area (Å²) >= 11 is 5.86. The normalized spacial score (nSPS) is 12.5. The highest BCUT2D eigenvalue weighted by Crippen LogP contribution is 2.17. The molecule has 2 amide bonds. The lowest BCUT2D eigenvalue weighted by atomic mass is 10.1. The van der Waals surface area contributed by atoms with Crippen molar-refractivity contribution in [3.8, 4) is 0 Å². The summed E-state index contributed by atoms with van der Waals surface area (Å²) in [6.45, 7) is 5.17. The number of sulfonamides is 1. The average Bonchev–Trinajstić information content (AvgIpc) is 2.71. The molecule has 168 valence electrons. The molecule has 0 unspecified atom stereocenters. The lowest BCUT2D eigenvalue weighted by Gasteiger charge is -2.21. The number of nitrogens with one attached hydrogen (secondary N) is 3. The van der Waals surface area contributed by atoms with Crippen molar-refractivity contribution < 1.29 is 22.4 Å². The molecule has 3 N–H and O–H groups in total. The molecule has 0 saturated heterocycles. The van der Waals surface area contributed by atoms with Gasteiger partial charge >= 0.3 is 0 Å². The van der Waals surface area contributed by atoms with Gasteiger partial charge in [-0.15, -0.1) is 0 Å². The van der Waals surface area contributed by atoms with Crippen LogP contribution in [-0.4, -0.2) is 39.4 Å². The van der Waals surface area contributed by atoms with Crippen molar-refractivity contribution in [3.63, 3.8) is 0 Å². The van der Waals surface area contributed by atoms with Gasteiger partial charge in [0.1, 0.15) is 11.9 Å². The molecule has 0 heterocycles. The second kappa shape index (κ2) is 10.7. The van der Waals surface area contributed by atoms with Gasteiger partial charge in [0.25, 0.3) is 5.91 Å². The Morgan fingerprint density at radius 3 is 2.35 bits per heavy atom. The first-order valence-corrected chi connectivity index (χ1v) is 11.5. The van der Waals surface area contributed by atoms with Crippen LogP contribution in [0.4, 0.5) is 4.39 Å². The first kappa shape index (κ1) is 24.8. The molecule has 0 aliphatic carbocycles. The second-order valence-corrected chi connectivity index (χ2v) is 9.46. The van der Waals surface area contributed by atoms with E-state index in [9.17, 15) is 22.4 Å². The average molecular weight is 470 g/mol. The summed E-state index contributed by atoms with van der Waals surface area (Å²) in [7, 11) is -3.96. The van der Waals surface area contributed by atoms with Gasteiger partial charge in [0.2, 0.25) is 15.9 Å². The van der Waals surface area contributed by atoms with Gasteiger partial charge < -0.3 is 10.6 Å². The number of rotatable bonds is 9. The monoisotopic (exact) mass is 469 g/mol. The van der Waals surface area contributed by atoms with E-state index < -0.39 is 33.7 Å². The summed E-state index contributed by atoms with van der Waals surface area (Å²) in [6, 6.07) is 8.86. The Kier molecular flexibility index (Phi) is 8.55. The largest absolute Gasteiger partial charge is 0.353 e. The van der Waals surface area contributed by atoms with Gasteiger partial charge in [-0.25, -0.2) is 12.8 Å². The Morgan fingerprint density at radius 2 is 1.74 bits per heavy atom. The third-order valence-corrected chi connectivity index (χ3v) is 6.16. The van der Waals surface area contributed by atoms with Crippen LogP contribution in [0.5, 0.6) is 0 Å². The van der Waals surface area contributed by atoms with Gasteiger partial charge in [-0.3, -0.25) is 9.59 Å². The van der Waals surface area contributed by atoms with Gasteiger partial charge in [-0.2, -0.15) is 4.72 Å². The minimum Gasteiger partial charge on any atom is -0.353 e. The minimum atomic E-state index is -3.96. The summed E-state index contributed by atoms with van der Waals surface area (Å²) in [4.78, 5) is 24.6. The number of halogens is 2. The highest BCUT2D eigenvalue weighted by Gasteiger charge is 2.28. The standard InChI is InChI=1S/C21H25ClFN3O4S/c1-13(2)19(26-31(29,30)17-6-4-5-16(22)12-17)21(28)25-10-9-24-20(27)15-8-7-14(3)18(23)11-15/h4-8,11-13,19,26H,9-10H2,1-3H3,(H,24,27)(H,25,28)/t19-/m0/s1. The van der Waals surface area contributed by atoms with Crippen molar-refractivity contribution >= 4 is 33.4 Å². The highest BCUT2D eigenvalue weighted by molar-refractivity contribution is 7.89. The van der Waals surface area contributed by atoms with Crippen molar-refractivity contribution in [2.45, 2.75) is 31.7 Å². The SMILES string of the molecule is Cc1ccc(C(=O)NCCNC(=O)[C@@H](NS(=O)(=O)c2cccc(Cl)c2)C(C)C)cc1F. The molecule has 0 spiro atoms. The van der Waals surface area contributed by atoms with Crippen LogP contribution in [-0.2, 0) is 14.8 Å².